The zero-order valence-electron chi connectivity index (χ0n) is 22.4. The molecule has 2 aromatic rings. The van der Waals surface area contributed by atoms with Crippen LogP contribution in [-0.2, 0) is 4.79 Å². The number of anilines is 4. The highest BCUT2D eigenvalue weighted by atomic mass is 19.3. The molecule has 0 atom stereocenters. The number of ether oxygens (including phenoxy) is 1. The van der Waals surface area contributed by atoms with E-state index in [1.54, 1.807) is 23.1 Å². The Balaban J connectivity index is 1.39. The highest BCUT2D eigenvalue weighted by molar-refractivity contribution is 6.02. The molecule has 2 fully saturated rings. The van der Waals surface area contributed by atoms with Crippen LogP contribution in [0.25, 0.3) is 0 Å². The van der Waals surface area contributed by atoms with Gasteiger partial charge in [-0.05, 0) is 38.1 Å². The van der Waals surface area contributed by atoms with Crippen molar-refractivity contribution in [1.29, 1.82) is 0 Å². The number of carbonyl (C=O) groups excluding carboxylic acids is 2. The van der Waals surface area contributed by atoms with E-state index >= 15 is 0 Å². The van der Waals surface area contributed by atoms with Crippen molar-refractivity contribution in [3.63, 3.8) is 0 Å². The fraction of sp³-hybridized carbons (Fsp3) is 0.538. The quantitative estimate of drug-likeness (QED) is 0.567. The van der Waals surface area contributed by atoms with E-state index in [9.17, 15) is 18.4 Å². The molecule has 1 aromatic carbocycles. The minimum atomic E-state index is -3.55. The van der Waals surface area contributed by atoms with Crippen molar-refractivity contribution < 1.29 is 23.1 Å². The first-order chi connectivity index (χ1) is 18.7. The number of hydrogen-bond acceptors (Lipinski definition) is 9. The van der Waals surface area contributed by atoms with Gasteiger partial charge in [-0.25, -0.2) is 9.99 Å². The van der Waals surface area contributed by atoms with Gasteiger partial charge >= 0.3 is 5.92 Å². The maximum Gasteiger partial charge on any atom is 0.342 e. The number of hydrogen-bond donors (Lipinski definition) is 2. The number of benzene rings is 1. The topological polar surface area (TPSA) is 106 Å². The van der Waals surface area contributed by atoms with Crippen molar-refractivity contribution in [1.82, 2.24) is 25.3 Å². The molecule has 0 spiro atoms. The van der Waals surface area contributed by atoms with Gasteiger partial charge in [-0.3, -0.25) is 15.0 Å². The van der Waals surface area contributed by atoms with E-state index in [2.05, 4.69) is 25.6 Å². The van der Waals surface area contributed by atoms with Crippen molar-refractivity contribution >= 4 is 35.0 Å². The Morgan fingerprint density at radius 2 is 1.85 bits per heavy atom. The number of likely N-dealkylation sites (N-methyl/N-ethyl adjacent to an activating group) is 1. The van der Waals surface area contributed by atoms with E-state index in [1.165, 1.54) is 20.4 Å². The van der Waals surface area contributed by atoms with Crippen LogP contribution in [0.3, 0.4) is 0 Å². The average molecular weight is 545 g/mol. The standard InChI is InChI=1S/C26H34F2N8O3/c1-33-10-12-35(13-11-33)32-23(37)17-8-9-19(21(14-17)39-3)30-25-29-15-20-22(31-25)36(18-6-4-5-7-18)16-26(27,28)24(38)34(20)2/h8-9,14-15,18H,4-7,10-13,16H2,1-3H3,(H,32,37)(H,29,30,31). The summed E-state index contributed by atoms with van der Waals surface area (Å²) in [6, 6.07) is 4.84. The van der Waals surface area contributed by atoms with Crippen LogP contribution in [0.1, 0.15) is 36.0 Å². The molecular weight excluding hydrogens is 510 g/mol. The summed E-state index contributed by atoms with van der Waals surface area (Å²) in [5, 5.41) is 4.99. The molecule has 1 aliphatic carbocycles. The molecule has 3 aliphatic rings. The second kappa shape index (κ2) is 10.9. The van der Waals surface area contributed by atoms with Crippen LogP contribution in [0.15, 0.2) is 24.4 Å². The fourth-order valence-electron chi connectivity index (χ4n) is 5.29. The molecule has 0 bridgehead atoms. The summed E-state index contributed by atoms with van der Waals surface area (Å²) in [5.41, 5.74) is 4.09. The summed E-state index contributed by atoms with van der Waals surface area (Å²) in [4.78, 5) is 38.9. The lowest BCUT2D eigenvalue weighted by Gasteiger charge is -2.32. The van der Waals surface area contributed by atoms with E-state index in [0.717, 1.165) is 56.8 Å². The maximum atomic E-state index is 14.8. The smallest absolute Gasteiger partial charge is 0.342 e. The number of nitrogens with one attached hydrogen (secondary N) is 2. The molecule has 0 radical (unpaired) electrons. The zero-order chi connectivity index (χ0) is 27.7. The van der Waals surface area contributed by atoms with Gasteiger partial charge in [0, 0.05) is 44.8 Å². The Kier molecular flexibility index (Phi) is 7.54. The summed E-state index contributed by atoms with van der Waals surface area (Å²) in [6.07, 6.45) is 4.77. The molecule has 39 heavy (non-hydrogen) atoms. The monoisotopic (exact) mass is 544 g/mol. The number of hydrazine groups is 1. The molecule has 0 unspecified atom stereocenters. The van der Waals surface area contributed by atoms with E-state index in [4.69, 9.17) is 4.74 Å². The Bertz CT molecular complexity index is 1230. The van der Waals surface area contributed by atoms with Gasteiger partial charge in [0.1, 0.15) is 11.4 Å². The van der Waals surface area contributed by atoms with Crippen molar-refractivity contribution in [2.45, 2.75) is 37.6 Å². The molecule has 13 heteroatoms. The Morgan fingerprint density at radius 3 is 2.54 bits per heavy atom. The highest BCUT2D eigenvalue weighted by Crippen LogP contribution is 2.40. The third-order valence-corrected chi connectivity index (χ3v) is 7.61. The number of fused-ring (bicyclic) bond motifs is 1. The van der Waals surface area contributed by atoms with Crippen molar-refractivity contribution in [2.24, 2.45) is 0 Å². The normalized spacial score (nSPS) is 20.5. The van der Waals surface area contributed by atoms with Gasteiger partial charge in [0.05, 0.1) is 25.5 Å². The summed E-state index contributed by atoms with van der Waals surface area (Å²) in [7, 11) is 4.85. The van der Waals surface area contributed by atoms with Gasteiger partial charge in [-0.2, -0.15) is 13.8 Å². The summed E-state index contributed by atoms with van der Waals surface area (Å²) >= 11 is 0. The van der Waals surface area contributed by atoms with Crippen LogP contribution in [-0.4, -0.2) is 97.6 Å². The lowest BCUT2D eigenvalue weighted by atomic mass is 10.1. The van der Waals surface area contributed by atoms with Gasteiger partial charge < -0.3 is 24.8 Å². The molecule has 1 saturated carbocycles. The minimum absolute atomic E-state index is 0.135. The molecule has 1 saturated heterocycles. The number of alkyl halides is 2. The fourth-order valence-corrected chi connectivity index (χ4v) is 5.29. The van der Waals surface area contributed by atoms with E-state index < -0.39 is 18.4 Å². The van der Waals surface area contributed by atoms with Crippen LogP contribution in [0.4, 0.5) is 31.9 Å². The van der Waals surface area contributed by atoms with Crippen LogP contribution in [0.5, 0.6) is 5.75 Å². The van der Waals surface area contributed by atoms with Crippen LogP contribution >= 0.6 is 0 Å². The number of nitrogens with zero attached hydrogens (tertiary/aromatic N) is 6. The van der Waals surface area contributed by atoms with Gasteiger partial charge in [0.2, 0.25) is 5.95 Å². The molecule has 210 valence electrons. The minimum Gasteiger partial charge on any atom is -0.495 e. The third kappa shape index (κ3) is 5.59. The number of piperazine rings is 1. The second-order valence-electron chi connectivity index (χ2n) is 10.3. The molecule has 2 aliphatic heterocycles. The third-order valence-electron chi connectivity index (χ3n) is 7.61. The number of rotatable bonds is 6. The van der Waals surface area contributed by atoms with E-state index in [0.29, 0.717) is 17.0 Å². The van der Waals surface area contributed by atoms with Crippen LogP contribution in [0, 0.1) is 0 Å². The van der Waals surface area contributed by atoms with Crippen molar-refractivity contribution in [3.8, 4) is 5.75 Å². The largest absolute Gasteiger partial charge is 0.495 e. The summed E-state index contributed by atoms with van der Waals surface area (Å²) in [5.74, 6) is -4.22. The highest BCUT2D eigenvalue weighted by Gasteiger charge is 2.48. The van der Waals surface area contributed by atoms with Crippen LogP contribution in [0.2, 0.25) is 0 Å². The number of amides is 2. The second-order valence-corrected chi connectivity index (χ2v) is 10.3. The lowest BCUT2D eigenvalue weighted by Crippen LogP contribution is -2.52. The molecular formula is C26H34F2N8O3. The molecule has 5 rings (SSSR count). The first-order valence-corrected chi connectivity index (χ1v) is 13.2. The molecule has 11 nitrogen and oxygen atoms in total. The zero-order valence-corrected chi connectivity index (χ0v) is 22.4. The number of halogens is 2. The first kappa shape index (κ1) is 27.0. The SMILES string of the molecule is COc1cc(C(=O)NN2CCN(C)CC2)ccc1Nc1ncc2c(n1)N(C1CCCC1)CC(F)(F)C(=O)N2C. The Labute approximate surface area is 226 Å². The molecule has 2 amide bonds. The summed E-state index contributed by atoms with van der Waals surface area (Å²) < 4.78 is 35.2. The lowest BCUT2D eigenvalue weighted by molar-refractivity contribution is -0.140. The number of carbonyl (C=O) groups is 2. The molecule has 2 N–H and O–H groups in total. The average Bonchev–Trinajstić information content (AvgIpc) is 3.45. The van der Waals surface area contributed by atoms with Crippen LogP contribution < -0.4 is 25.3 Å². The number of aromatic nitrogens is 2. The van der Waals surface area contributed by atoms with Gasteiger partial charge in [0.25, 0.3) is 11.8 Å². The van der Waals surface area contributed by atoms with Gasteiger partial charge in [-0.1, -0.05) is 12.8 Å². The number of methoxy groups -OCH3 is 1. The van der Waals surface area contributed by atoms with Gasteiger partial charge in [0.15, 0.2) is 5.82 Å². The first-order valence-electron chi connectivity index (χ1n) is 13.2. The van der Waals surface area contributed by atoms with Crippen molar-refractivity contribution in [3.05, 3.63) is 30.0 Å². The van der Waals surface area contributed by atoms with E-state index in [-0.39, 0.29) is 29.4 Å². The maximum absolute atomic E-state index is 14.8. The molecule has 1 aromatic heterocycles. The van der Waals surface area contributed by atoms with Crippen molar-refractivity contribution in [2.75, 3.05) is 69.0 Å². The van der Waals surface area contributed by atoms with E-state index in [1.807, 2.05) is 12.1 Å². The predicted octanol–water partition coefficient (Wildman–Crippen LogP) is 2.48. The van der Waals surface area contributed by atoms with Gasteiger partial charge in [-0.15, -0.1) is 0 Å². The predicted molar refractivity (Wildman–Crippen MR) is 143 cm³/mol. The Morgan fingerprint density at radius 1 is 1.13 bits per heavy atom. The molecule has 3 heterocycles. The Hall–Kier alpha value is -3.58. The summed E-state index contributed by atoms with van der Waals surface area (Å²) in [6.45, 7) is 2.48.